The molecule has 0 aliphatic carbocycles. The minimum Gasteiger partial charge on any atom is -0.481 e. The molecular weight excluding hydrogens is 266 g/mol. The second kappa shape index (κ2) is 7.46. The summed E-state index contributed by atoms with van der Waals surface area (Å²) in [5.74, 6) is 0.0247. The molecule has 1 aromatic carbocycles. The Balaban J connectivity index is 1.88. The summed E-state index contributed by atoms with van der Waals surface area (Å²) in [6.45, 7) is 7.48. The molecule has 0 saturated carbocycles. The SMILES string of the molecule is CC(C)CCOCCN1CC(CC(=O)O)c2ccccc21. The van der Waals surface area contributed by atoms with Crippen molar-refractivity contribution in [3.63, 3.8) is 0 Å². The number of carboxylic acid groups (broad SMARTS) is 1. The van der Waals surface area contributed by atoms with Gasteiger partial charge in [-0.15, -0.1) is 0 Å². The van der Waals surface area contributed by atoms with Gasteiger partial charge in [-0.25, -0.2) is 0 Å². The van der Waals surface area contributed by atoms with E-state index in [9.17, 15) is 4.79 Å². The molecule has 0 bridgehead atoms. The Hall–Kier alpha value is -1.55. The van der Waals surface area contributed by atoms with E-state index >= 15 is 0 Å². The van der Waals surface area contributed by atoms with Gasteiger partial charge in [0, 0.05) is 31.3 Å². The van der Waals surface area contributed by atoms with Crippen molar-refractivity contribution in [2.24, 2.45) is 5.92 Å². The van der Waals surface area contributed by atoms with Crippen LogP contribution in [0.25, 0.3) is 0 Å². The quantitative estimate of drug-likeness (QED) is 0.748. The zero-order chi connectivity index (χ0) is 15.2. The highest BCUT2D eigenvalue weighted by molar-refractivity contribution is 5.71. The second-order valence-corrected chi connectivity index (χ2v) is 6.09. The summed E-state index contributed by atoms with van der Waals surface area (Å²) in [4.78, 5) is 13.2. The van der Waals surface area contributed by atoms with Gasteiger partial charge in [0.2, 0.25) is 0 Å². The molecule has 4 heteroatoms. The number of benzene rings is 1. The highest BCUT2D eigenvalue weighted by Gasteiger charge is 2.29. The largest absolute Gasteiger partial charge is 0.481 e. The summed E-state index contributed by atoms with van der Waals surface area (Å²) in [6, 6.07) is 8.11. The van der Waals surface area contributed by atoms with Crippen molar-refractivity contribution in [2.75, 3.05) is 31.2 Å². The lowest BCUT2D eigenvalue weighted by Gasteiger charge is -2.20. The maximum absolute atomic E-state index is 11.0. The zero-order valence-electron chi connectivity index (χ0n) is 12.9. The molecule has 0 amide bonds. The average Bonchev–Trinajstić information content (AvgIpc) is 2.76. The van der Waals surface area contributed by atoms with Crippen LogP contribution in [0.5, 0.6) is 0 Å². The van der Waals surface area contributed by atoms with Crippen LogP contribution in [0.2, 0.25) is 0 Å². The van der Waals surface area contributed by atoms with Crippen LogP contribution in [0.3, 0.4) is 0 Å². The third-order valence-corrected chi connectivity index (χ3v) is 3.92. The van der Waals surface area contributed by atoms with Crippen LogP contribution in [0.1, 0.15) is 38.2 Å². The lowest BCUT2D eigenvalue weighted by molar-refractivity contribution is -0.137. The number of para-hydroxylation sites is 1. The fourth-order valence-corrected chi connectivity index (χ4v) is 2.78. The van der Waals surface area contributed by atoms with Crippen LogP contribution in [0, 0.1) is 5.92 Å². The molecule has 21 heavy (non-hydrogen) atoms. The third-order valence-electron chi connectivity index (χ3n) is 3.92. The smallest absolute Gasteiger partial charge is 0.304 e. The Bertz CT molecular complexity index is 473. The summed E-state index contributed by atoms with van der Waals surface area (Å²) >= 11 is 0. The van der Waals surface area contributed by atoms with E-state index in [2.05, 4.69) is 24.8 Å². The van der Waals surface area contributed by atoms with Gasteiger partial charge in [0.15, 0.2) is 0 Å². The van der Waals surface area contributed by atoms with Crippen LogP contribution in [-0.4, -0.2) is 37.4 Å². The van der Waals surface area contributed by atoms with Gasteiger partial charge in [-0.2, -0.15) is 0 Å². The zero-order valence-corrected chi connectivity index (χ0v) is 12.9. The number of carbonyl (C=O) groups is 1. The van der Waals surface area contributed by atoms with Gasteiger partial charge in [-0.05, 0) is 24.0 Å². The molecule has 0 fully saturated rings. The van der Waals surface area contributed by atoms with Crippen molar-refractivity contribution < 1.29 is 14.6 Å². The van der Waals surface area contributed by atoms with E-state index in [4.69, 9.17) is 9.84 Å². The molecule has 2 rings (SSSR count). The summed E-state index contributed by atoms with van der Waals surface area (Å²) < 4.78 is 5.68. The predicted octanol–water partition coefficient (Wildman–Crippen LogP) is 3.13. The molecule has 1 aliphatic rings. The van der Waals surface area contributed by atoms with E-state index in [-0.39, 0.29) is 12.3 Å². The molecule has 1 aromatic rings. The first-order valence-corrected chi connectivity index (χ1v) is 7.71. The first-order chi connectivity index (χ1) is 10.1. The first-order valence-electron chi connectivity index (χ1n) is 7.71. The van der Waals surface area contributed by atoms with E-state index in [0.717, 1.165) is 37.4 Å². The molecule has 0 radical (unpaired) electrons. The lowest BCUT2D eigenvalue weighted by atomic mass is 9.98. The minimum absolute atomic E-state index is 0.0920. The Labute approximate surface area is 126 Å². The van der Waals surface area contributed by atoms with Crippen LogP contribution in [0.15, 0.2) is 24.3 Å². The van der Waals surface area contributed by atoms with E-state index in [0.29, 0.717) is 12.5 Å². The van der Waals surface area contributed by atoms with E-state index < -0.39 is 5.97 Å². The summed E-state index contributed by atoms with van der Waals surface area (Å²) in [5, 5.41) is 9.04. The number of carboxylic acids is 1. The molecule has 1 aliphatic heterocycles. The van der Waals surface area contributed by atoms with Gasteiger partial charge in [0.1, 0.15) is 0 Å². The number of aliphatic carboxylic acids is 1. The van der Waals surface area contributed by atoms with Crippen molar-refractivity contribution in [2.45, 2.75) is 32.6 Å². The van der Waals surface area contributed by atoms with Crippen molar-refractivity contribution in [1.29, 1.82) is 0 Å². The van der Waals surface area contributed by atoms with Crippen molar-refractivity contribution in [3.05, 3.63) is 29.8 Å². The molecule has 1 N–H and O–H groups in total. The number of nitrogens with zero attached hydrogens (tertiary/aromatic N) is 1. The lowest BCUT2D eigenvalue weighted by Crippen LogP contribution is -2.27. The molecule has 116 valence electrons. The van der Waals surface area contributed by atoms with Crippen LogP contribution in [0.4, 0.5) is 5.69 Å². The Morgan fingerprint density at radius 2 is 2.14 bits per heavy atom. The highest BCUT2D eigenvalue weighted by atomic mass is 16.5. The van der Waals surface area contributed by atoms with Crippen LogP contribution in [-0.2, 0) is 9.53 Å². The topological polar surface area (TPSA) is 49.8 Å². The van der Waals surface area contributed by atoms with Crippen molar-refractivity contribution >= 4 is 11.7 Å². The fraction of sp³-hybridized carbons (Fsp3) is 0.588. The first kappa shape index (κ1) is 15.8. The van der Waals surface area contributed by atoms with E-state index in [1.807, 2.05) is 18.2 Å². The monoisotopic (exact) mass is 291 g/mol. The van der Waals surface area contributed by atoms with Gasteiger partial charge in [0.05, 0.1) is 13.0 Å². The number of rotatable bonds is 8. The van der Waals surface area contributed by atoms with E-state index in [1.165, 1.54) is 0 Å². The molecule has 0 spiro atoms. The van der Waals surface area contributed by atoms with Gasteiger partial charge in [-0.1, -0.05) is 32.0 Å². The molecule has 1 unspecified atom stereocenters. The predicted molar refractivity (Wildman–Crippen MR) is 83.9 cm³/mol. The number of hydrogen-bond acceptors (Lipinski definition) is 3. The normalized spacial score (nSPS) is 17.3. The Kier molecular flexibility index (Phi) is 5.62. The van der Waals surface area contributed by atoms with Gasteiger partial charge >= 0.3 is 5.97 Å². The number of fused-ring (bicyclic) bond motifs is 1. The summed E-state index contributed by atoms with van der Waals surface area (Å²) in [7, 11) is 0. The maximum Gasteiger partial charge on any atom is 0.304 e. The van der Waals surface area contributed by atoms with Gasteiger partial charge < -0.3 is 14.7 Å². The van der Waals surface area contributed by atoms with Crippen molar-refractivity contribution in [1.82, 2.24) is 0 Å². The Morgan fingerprint density at radius 3 is 2.86 bits per heavy atom. The molecule has 0 saturated heterocycles. The second-order valence-electron chi connectivity index (χ2n) is 6.09. The average molecular weight is 291 g/mol. The van der Waals surface area contributed by atoms with Crippen LogP contribution >= 0.6 is 0 Å². The van der Waals surface area contributed by atoms with Crippen molar-refractivity contribution in [3.8, 4) is 0 Å². The van der Waals surface area contributed by atoms with E-state index in [1.54, 1.807) is 0 Å². The molecule has 4 nitrogen and oxygen atoms in total. The fourth-order valence-electron chi connectivity index (χ4n) is 2.78. The molecular formula is C17H25NO3. The molecule has 1 heterocycles. The Morgan fingerprint density at radius 1 is 1.38 bits per heavy atom. The number of hydrogen-bond donors (Lipinski definition) is 1. The minimum atomic E-state index is -0.732. The highest BCUT2D eigenvalue weighted by Crippen LogP contribution is 2.37. The summed E-state index contributed by atoms with van der Waals surface area (Å²) in [6.07, 6.45) is 1.28. The standard InChI is InChI=1S/C17H25NO3/c1-13(2)7-9-21-10-8-18-12-14(11-17(19)20)15-5-3-4-6-16(15)18/h3-6,13-14H,7-12H2,1-2H3,(H,19,20). The molecule has 0 aromatic heterocycles. The molecule has 1 atom stereocenters. The maximum atomic E-state index is 11.0. The van der Waals surface area contributed by atoms with Gasteiger partial charge in [0.25, 0.3) is 0 Å². The van der Waals surface area contributed by atoms with Crippen LogP contribution < -0.4 is 4.90 Å². The van der Waals surface area contributed by atoms with Gasteiger partial charge in [-0.3, -0.25) is 4.79 Å². The third kappa shape index (κ3) is 4.46. The summed E-state index contributed by atoms with van der Waals surface area (Å²) in [5.41, 5.74) is 2.32. The number of ether oxygens (including phenoxy) is 1. The number of anilines is 1.